The van der Waals surface area contributed by atoms with E-state index >= 15 is 0 Å². The summed E-state index contributed by atoms with van der Waals surface area (Å²) in [7, 11) is 0. The van der Waals surface area contributed by atoms with E-state index in [2.05, 4.69) is 34.5 Å². The van der Waals surface area contributed by atoms with Crippen molar-refractivity contribution < 1.29 is 9.32 Å². The molecule has 0 bridgehead atoms. The normalized spacial score (nSPS) is 17.0. The molecule has 1 atom stereocenters. The highest BCUT2D eigenvalue weighted by molar-refractivity contribution is 6.30. The molecule has 2 heterocycles. The minimum absolute atomic E-state index is 0.550. The molecule has 0 spiro atoms. The molecule has 1 N–H and O–H groups in total. The number of hydrogen-bond donors (Lipinski definition) is 1. The topological polar surface area (TPSA) is 43.4 Å². The molecule has 1 aliphatic rings. The van der Waals surface area contributed by atoms with Crippen molar-refractivity contribution in [3.63, 3.8) is 0 Å². The van der Waals surface area contributed by atoms with Crippen LogP contribution in [0.25, 0.3) is 11.5 Å². The smallest absolute Gasteiger partial charge is 0.271 e. The Morgan fingerprint density at radius 3 is 2.61 bits per heavy atom. The number of halogens is 1. The van der Waals surface area contributed by atoms with Crippen LogP contribution in [0.3, 0.4) is 0 Å². The maximum Gasteiger partial charge on any atom is 0.271 e. The molecule has 0 radical (unpaired) electrons. The molecule has 0 saturated heterocycles. The van der Waals surface area contributed by atoms with Gasteiger partial charge in [0.1, 0.15) is 6.54 Å². The predicted octanol–water partition coefficient (Wildman–Crippen LogP) is 2.53. The summed E-state index contributed by atoms with van der Waals surface area (Å²) in [5.41, 5.74) is 3.78. The Morgan fingerprint density at radius 2 is 1.78 bits per heavy atom. The van der Waals surface area contributed by atoms with Crippen LogP contribution in [0.5, 0.6) is 0 Å². The van der Waals surface area contributed by atoms with E-state index in [0.29, 0.717) is 16.8 Å². The zero-order valence-electron chi connectivity index (χ0n) is 12.6. The third-order valence-electron chi connectivity index (χ3n) is 4.27. The second-order valence-electron chi connectivity index (χ2n) is 5.88. The summed E-state index contributed by atoms with van der Waals surface area (Å²) in [6, 6.07) is 16.1. The minimum Gasteiger partial charge on any atom is -0.415 e. The quantitative estimate of drug-likeness (QED) is 0.804. The average Bonchev–Trinajstić information content (AvgIpc) is 3.04. The molecule has 3 aromatic rings. The van der Waals surface area contributed by atoms with Gasteiger partial charge in [-0.05, 0) is 29.8 Å². The van der Waals surface area contributed by atoms with E-state index < -0.39 is 0 Å². The standard InChI is InChI=1S/C18H16ClN3O/c19-16-7-5-14(6-8-16)18-21-20-17(23-18)12-22-10-9-13-3-1-2-4-15(13)11-22/h1-8H,9-12H2/p+1. The van der Waals surface area contributed by atoms with E-state index in [4.69, 9.17) is 16.0 Å². The molecule has 1 aromatic heterocycles. The summed E-state index contributed by atoms with van der Waals surface area (Å²) in [5, 5.41) is 9.05. The molecule has 0 fully saturated rings. The van der Waals surface area contributed by atoms with E-state index in [1.165, 1.54) is 16.0 Å². The van der Waals surface area contributed by atoms with Gasteiger partial charge in [-0.2, -0.15) is 0 Å². The summed E-state index contributed by atoms with van der Waals surface area (Å²) < 4.78 is 5.81. The lowest BCUT2D eigenvalue weighted by Gasteiger charge is -2.24. The van der Waals surface area contributed by atoms with Crippen LogP contribution in [0, 0.1) is 0 Å². The van der Waals surface area contributed by atoms with Gasteiger partial charge in [0, 0.05) is 22.6 Å². The molecule has 1 unspecified atom stereocenters. The zero-order chi connectivity index (χ0) is 15.6. The highest BCUT2D eigenvalue weighted by Gasteiger charge is 2.21. The number of hydrogen-bond acceptors (Lipinski definition) is 3. The first-order valence-corrected chi connectivity index (χ1v) is 8.14. The van der Waals surface area contributed by atoms with Gasteiger partial charge in [-0.1, -0.05) is 35.9 Å². The fourth-order valence-corrected chi connectivity index (χ4v) is 3.17. The third kappa shape index (κ3) is 3.14. The fraction of sp³-hybridized carbons (Fsp3) is 0.222. The first kappa shape index (κ1) is 14.4. The first-order valence-electron chi connectivity index (χ1n) is 7.76. The number of rotatable bonds is 3. The molecular formula is C18H17ClN3O+. The van der Waals surface area contributed by atoms with Gasteiger partial charge in [-0.25, -0.2) is 0 Å². The molecule has 4 nitrogen and oxygen atoms in total. The van der Waals surface area contributed by atoms with Crippen molar-refractivity contribution in [2.24, 2.45) is 0 Å². The Morgan fingerprint density at radius 1 is 1.00 bits per heavy atom. The summed E-state index contributed by atoms with van der Waals surface area (Å²) >= 11 is 5.90. The Labute approximate surface area is 139 Å². The SMILES string of the molecule is Clc1ccc(-c2nnc(C[NH+]3CCc4ccccc4C3)o2)cc1. The van der Waals surface area contributed by atoms with Crippen molar-refractivity contribution in [1.82, 2.24) is 10.2 Å². The number of quaternary nitrogens is 1. The van der Waals surface area contributed by atoms with Gasteiger partial charge in [0.05, 0.1) is 6.54 Å². The largest absolute Gasteiger partial charge is 0.415 e. The lowest BCUT2D eigenvalue weighted by atomic mass is 10.00. The van der Waals surface area contributed by atoms with Gasteiger partial charge in [-0.3, -0.25) is 0 Å². The molecule has 1 aliphatic heterocycles. The van der Waals surface area contributed by atoms with Gasteiger partial charge in [0.15, 0.2) is 6.54 Å². The molecule has 0 amide bonds. The van der Waals surface area contributed by atoms with Crippen LogP contribution in [0.15, 0.2) is 52.9 Å². The molecule has 23 heavy (non-hydrogen) atoms. The number of nitrogens with zero attached hydrogens (tertiary/aromatic N) is 2. The third-order valence-corrected chi connectivity index (χ3v) is 4.52. The van der Waals surface area contributed by atoms with E-state index in [0.717, 1.165) is 31.6 Å². The number of benzene rings is 2. The number of aromatic nitrogens is 2. The van der Waals surface area contributed by atoms with Crippen molar-refractivity contribution in [2.45, 2.75) is 19.5 Å². The molecule has 0 aliphatic carbocycles. The molecule has 2 aromatic carbocycles. The molecule has 0 saturated carbocycles. The van der Waals surface area contributed by atoms with E-state index in [9.17, 15) is 0 Å². The van der Waals surface area contributed by atoms with Gasteiger partial charge in [0.2, 0.25) is 5.89 Å². The molecular weight excluding hydrogens is 310 g/mol. The van der Waals surface area contributed by atoms with E-state index in [1.807, 2.05) is 24.3 Å². The second-order valence-corrected chi connectivity index (χ2v) is 6.32. The van der Waals surface area contributed by atoms with Crippen LogP contribution < -0.4 is 4.90 Å². The monoisotopic (exact) mass is 326 g/mol. The Balaban J connectivity index is 1.47. The van der Waals surface area contributed by atoms with Crippen molar-refractivity contribution in [2.75, 3.05) is 6.54 Å². The molecule has 5 heteroatoms. The zero-order valence-corrected chi connectivity index (χ0v) is 13.4. The summed E-state index contributed by atoms with van der Waals surface area (Å²) in [6.45, 7) is 2.86. The predicted molar refractivity (Wildman–Crippen MR) is 88.1 cm³/mol. The number of fused-ring (bicyclic) bond motifs is 1. The second kappa shape index (κ2) is 6.14. The van der Waals surface area contributed by atoms with E-state index in [-0.39, 0.29) is 0 Å². The maximum absolute atomic E-state index is 5.90. The van der Waals surface area contributed by atoms with Gasteiger partial charge in [0.25, 0.3) is 5.89 Å². The number of nitrogens with one attached hydrogen (secondary N) is 1. The fourth-order valence-electron chi connectivity index (χ4n) is 3.04. The van der Waals surface area contributed by atoms with Crippen LogP contribution in [-0.2, 0) is 19.5 Å². The lowest BCUT2D eigenvalue weighted by Crippen LogP contribution is -3.10. The summed E-state index contributed by atoms with van der Waals surface area (Å²) in [5.74, 6) is 1.23. The Kier molecular flexibility index (Phi) is 3.85. The maximum atomic E-state index is 5.90. The van der Waals surface area contributed by atoms with Crippen molar-refractivity contribution in [3.8, 4) is 11.5 Å². The van der Waals surface area contributed by atoms with Crippen LogP contribution in [0.2, 0.25) is 5.02 Å². The van der Waals surface area contributed by atoms with Gasteiger partial charge in [-0.15, -0.1) is 10.2 Å². The van der Waals surface area contributed by atoms with E-state index in [1.54, 1.807) is 0 Å². The van der Waals surface area contributed by atoms with Crippen molar-refractivity contribution >= 4 is 11.6 Å². The van der Waals surface area contributed by atoms with Crippen molar-refractivity contribution in [3.05, 3.63) is 70.6 Å². The van der Waals surface area contributed by atoms with Gasteiger partial charge >= 0.3 is 0 Å². The average molecular weight is 327 g/mol. The minimum atomic E-state index is 0.550. The van der Waals surface area contributed by atoms with Crippen LogP contribution >= 0.6 is 11.6 Å². The lowest BCUT2D eigenvalue weighted by molar-refractivity contribution is -0.930. The van der Waals surface area contributed by atoms with Crippen LogP contribution in [-0.4, -0.2) is 16.7 Å². The summed E-state index contributed by atoms with van der Waals surface area (Å²) in [6.07, 6.45) is 1.10. The first-order chi connectivity index (χ1) is 11.3. The van der Waals surface area contributed by atoms with Gasteiger partial charge < -0.3 is 9.32 Å². The summed E-state index contributed by atoms with van der Waals surface area (Å²) in [4.78, 5) is 1.45. The van der Waals surface area contributed by atoms with Crippen LogP contribution in [0.1, 0.15) is 17.0 Å². The van der Waals surface area contributed by atoms with Crippen molar-refractivity contribution in [1.29, 1.82) is 0 Å². The highest BCUT2D eigenvalue weighted by atomic mass is 35.5. The Bertz CT molecular complexity index is 813. The highest BCUT2D eigenvalue weighted by Crippen LogP contribution is 2.20. The molecule has 116 valence electrons. The Hall–Kier alpha value is -2.17. The molecule has 4 rings (SSSR count). The van der Waals surface area contributed by atoms with Crippen LogP contribution in [0.4, 0.5) is 0 Å².